The highest BCUT2D eigenvalue weighted by Crippen LogP contribution is 2.43. The number of halogens is 7. The molecule has 0 radical (unpaired) electrons. The second-order valence-corrected chi connectivity index (χ2v) is 10.7. The summed E-state index contributed by atoms with van der Waals surface area (Å²) in [6.07, 6.45) is -9.66. The van der Waals surface area contributed by atoms with Crippen molar-refractivity contribution in [2.45, 2.75) is 35.8 Å². The maximum atomic E-state index is 14.8. The maximum absolute atomic E-state index is 14.8. The Morgan fingerprint density at radius 2 is 1.55 bits per heavy atom. The molecule has 0 fully saturated rings. The highest BCUT2D eigenvalue weighted by atomic mass is 32.2. The van der Waals surface area contributed by atoms with Gasteiger partial charge in [0.15, 0.2) is 6.61 Å². The van der Waals surface area contributed by atoms with E-state index in [4.69, 9.17) is 9.84 Å². The highest BCUT2D eigenvalue weighted by molar-refractivity contribution is 7.99. The molecule has 1 atom stereocenters. The number of hydrogen-bond donors (Lipinski definition) is 1. The van der Waals surface area contributed by atoms with Crippen molar-refractivity contribution < 1.29 is 45.4 Å². The van der Waals surface area contributed by atoms with Gasteiger partial charge >= 0.3 is 18.3 Å². The van der Waals surface area contributed by atoms with Crippen LogP contribution in [-0.2, 0) is 23.6 Å². The fourth-order valence-corrected chi connectivity index (χ4v) is 5.63. The Labute approximate surface area is 241 Å². The second-order valence-electron chi connectivity index (χ2n) is 9.38. The molecule has 4 aromatic carbocycles. The standard InChI is InChI=1S/C31H23F7O3S/c1-18-14-23(12-13-27(18)41-17-29(39)40)42-28(16-24-25(31(36,37)38)6-3-7-26(24)32)20-10-8-19(9-11-20)21-4-2-5-22(15-21)30(33,34)35/h2-15,28H,16-17H2,1H3,(H,39,40). The third kappa shape index (κ3) is 7.64. The van der Waals surface area contributed by atoms with Gasteiger partial charge in [0, 0.05) is 15.7 Å². The molecule has 4 aromatic rings. The number of carboxylic acid groups (broad SMARTS) is 1. The van der Waals surface area contributed by atoms with Gasteiger partial charge in [-0.1, -0.05) is 42.5 Å². The van der Waals surface area contributed by atoms with Crippen molar-refractivity contribution in [1.29, 1.82) is 0 Å². The minimum Gasteiger partial charge on any atom is -0.482 e. The number of aliphatic carboxylic acids is 1. The largest absolute Gasteiger partial charge is 0.482 e. The zero-order chi connectivity index (χ0) is 30.7. The van der Waals surface area contributed by atoms with Gasteiger partial charge in [0.25, 0.3) is 0 Å². The van der Waals surface area contributed by atoms with Crippen LogP contribution in [0.25, 0.3) is 11.1 Å². The molecule has 0 amide bonds. The second kappa shape index (κ2) is 12.5. The molecule has 0 aliphatic carbocycles. The minimum atomic E-state index is -4.79. The number of aryl methyl sites for hydroxylation is 1. The molecule has 1 N–H and O–H groups in total. The van der Waals surface area contributed by atoms with E-state index in [9.17, 15) is 35.5 Å². The van der Waals surface area contributed by atoms with Gasteiger partial charge in [-0.25, -0.2) is 9.18 Å². The van der Waals surface area contributed by atoms with Gasteiger partial charge in [-0.15, -0.1) is 11.8 Å². The predicted molar refractivity (Wildman–Crippen MR) is 145 cm³/mol. The lowest BCUT2D eigenvalue weighted by atomic mass is 9.96. The van der Waals surface area contributed by atoms with Crippen LogP contribution in [0.5, 0.6) is 5.75 Å². The first-order chi connectivity index (χ1) is 19.7. The molecule has 220 valence electrons. The molecule has 0 saturated carbocycles. The van der Waals surface area contributed by atoms with Crippen LogP contribution in [0.15, 0.2) is 89.8 Å². The molecule has 0 bridgehead atoms. The van der Waals surface area contributed by atoms with Gasteiger partial charge in [-0.3, -0.25) is 0 Å². The lowest BCUT2D eigenvalue weighted by molar-refractivity contribution is -0.139. The van der Waals surface area contributed by atoms with Gasteiger partial charge in [0.1, 0.15) is 11.6 Å². The summed E-state index contributed by atoms with van der Waals surface area (Å²) in [5.41, 5.74) is -0.543. The summed E-state index contributed by atoms with van der Waals surface area (Å²) in [7, 11) is 0. The van der Waals surface area contributed by atoms with Gasteiger partial charge in [0.05, 0.1) is 11.1 Å². The first-order valence-electron chi connectivity index (χ1n) is 12.5. The van der Waals surface area contributed by atoms with Gasteiger partial charge in [-0.05, 0) is 78.1 Å². The lowest BCUT2D eigenvalue weighted by Crippen LogP contribution is -2.13. The number of alkyl halides is 6. The van der Waals surface area contributed by atoms with Crippen molar-refractivity contribution in [3.8, 4) is 16.9 Å². The molecule has 4 rings (SSSR count). The van der Waals surface area contributed by atoms with Gasteiger partial charge in [0.2, 0.25) is 0 Å². The van der Waals surface area contributed by atoms with Crippen molar-refractivity contribution in [2.24, 2.45) is 0 Å². The Balaban J connectivity index is 1.70. The molecule has 0 saturated heterocycles. The van der Waals surface area contributed by atoms with Crippen molar-refractivity contribution >= 4 is 17.7 Å². The monoisotopic (exact) mass is 608 g/mol. The molecule has 0 heterocycles. The molecule has 0 spiro atoms. The van der Waals surface area contributed by atoms with Gasteiger partial charge in [-0.2, -0.15) is 26.3 Å². The normalized spacial score (nSPS) is 12.7. The maximum Gasteiger partial charge on any atom is 0.416 e. The zero-order valence-corrected chi connectivity index (χ0v) is 22.7. The molecular formula is C31H23F7O3S. The zero-order valence-electron chi connectivity index (χ0n) is 21.9. The Kier molecular flexibility index (Phi) is 9.20. The predicted octanol–water partition coefficient (Wildman–Crippen LogP) is 9.38. The smallest absolute Gasteiger partial charge is 0.416 e. The van der Waals surface area contributed by atoms with Gasteiger partial charge < -0.3 is 9.84 Å². The number of ether oxygens (including phenoxy) is 1. The average Bonchev–Trinajstić information content (AvgIpc) is 2.92. The summed E-state index contributed by atoms with van der Waals surface area (Å²) in [4.78, 5) is 11.4. The van der Waals surface area contributed by atoms with Crippen LogP contribution in [0.4, 0.5) is 30.7 Å². The van der Waals surface area contributed by atoms with E-state index in [1.54, 1.807) is 49.4 Å². The Hall–Kier alpha value is -3.99. The molecule has 0 aliphatic rings. The summed E-state index contributed by atoms with van der Waals surface area (Å²) in [5, 5.41) is 8.13. The lowest BCUT2D eigenvalue weighted by Gasteiger charge is -2.21. The quantitative estimate of drug-likeness (QED) is 0.152. The average molecular weight is 609 g/mol. The van der Waals surface area contributed by atoms with Crippen LogP contribution in [0.2, 0.25) is 0 Å². The molecule has 1 unspecified atom stereocenters. The SMILES string of the molecule is Cc1cc(SC(Cc2c(F)cccc2C(F)(F)F)c2ccc(-c3cccc(C(F)(F)F)c3)cc2)ccc1OCC(=O)O. The summed E-state index contributed by atoms with van der Waals surface area (Å²) in [5.74, 6) is -1.85. The van der Waals surface area contributed by atoms with E-state index in [1.165, 1.54) is 12.1 Å². The first kappa shape index (κ1) is 31.0. The molecular weight excluding hydrogens is 585 g/mol. The third-order valence-corrected chi connectivity index (χ3v) is 7.64. The van der Waals surface area contributed by atoms with Crippen LogP contribution < -0.4 is 4.74 Å². The van der Waals surface area contributed by atoms with E-state index in [0.717, 1.165) is 42.1 Å². The van der Waals surface area contributed by atoms with E-state index in [1.807, 2.05) is 0 Å². The molecule has 3 nitrogen and oxygen atoms in total. The van der Waals surface area contributed by atoms with E-state index >= 15 is 0 Å². The Morgan fingerprint density at radius 3 is 2.17 bits per heavy atom. The Morgan fingerprint density at radius 1 is 0.857 bits per heavy atom. The van der Waals surface area contributed by atoms with Crippen molar-refractivity contribution in [2.75, 3.05) is 6.61 Å². The molecule has 0 aliphatic heterocycles. The van der Waals surface area contributed by atoms with Crippen molar-refractivity contribution in [3.63, 3.8) is 0 Å². The van der Waals surface area contributed by atoms with E-state index in [0.29, 0.717) is 32.9 Å². The number of rotatable bonds is 9. The first-order valence-corrected chi connectivity index (χ1v) is 13.3. The Bertz CT molecular complexity index is 1560. The fraction of sp³-hybridized carbons (Fsp3) is 0.194. The van der Waals surface area contributed by atoms with Crippen LogP contribution in [0.1, 0.15) is 33.1 Å². The van der Waals surface area contributed by atoms with Crippen LogP contribution in [0, 0.1) is 12.7 Å². The molecule has 0 aromatic heterocycles. The highest BCUT2D eigenvalue weighted by Gasteiger charge is 2.35. The third-order valence-electron chi connectivity index (χ3n) is 6.40. The van der Waals surface area contributed by atoms with Crippen LogP contribution in [0.3, 0.4) is 0 Å². The summed E-state index contributed by atoms with van der Waals surface area (Å²) in [6.45, 7) is 1.13. The molecule has 42 heavy (non-hydrogen) atoms. The topological polar surface area (TPSA) is 46.5 Å². The summed E-state index contributed by atoms with van der Waals surface area (Å²) >= 11 is 1.16. The van der Waals surface area contributed by atoms with Crippen LogP contribution in [-0.4, -0.2) is 17.7 Å². The molecule has 11 heteroatoms. The van der Waals surface area contributed by atoms with Crippen molar-refractivity contribution in [1.82, 2.24) is 0 Å². The fourth-order valence-electron chi connectivity index (χ4n) is 4.37. The van der Waals surface area contributed by atoms with E-state index in [-0.39, 0.29) is 6.42 Å². The number of hydrogen-bond acceptors (Lipinski definition) is 3. The van der Waals surface area contributed by atoms with E-state index in [2.05, 4.69) is 0 Å². The minimum absolute atomic E-state index is 0.307. The van der Waals surface area contributed by atoms with Crippen LogP contribution >= 0.6 is 11.8 Å². The number of carbonyl (C=O) groups is 1. The van der Waals surface area contributed by atoms with Crippen molar-refractivity contribution in [3.05, 3.63) is 119 Å². The summed E-state index contributed by atoms with van der Waals surface area (Å²) < 4.78 is 101. The van der Waals surface area contributed by atoms with E-state index < -0.39 is 52.7 Å². The summed E-state index contributed by atoms with van der Waals surface area (Å²) in [6, 6.07) is 18.7. The number of carboxylic acids is 1. The number of benzene rings is 4. The number of thioether (sulfide) groups is 1.